The molecule has 2 aromatic rings. The molecule has 2 aliphatic rings. The topological polar surface area (TPSA) is 77.8 Å². The van der Waals surface area contributed by atoms with Gasteiger partial charge >= 0.3 is 0 Å². The Morgan fingerprint density at radius 1 is 1.34 bits per heavy atom. The van der Waals surface area contributed by atoms with Gasteiger partial charge in [0.05, 0.1) is 23.5 Å². The van der Waals surface area contributed by atoms with Crippen molar-refractivity contribution in [3.8, 4) is 17.0 Å². The van der Waals surface area contributed by atoms with Gasteiger partial charge in [0.2, 0.25) is 0 Å². The van der Waals surface area contributed by atoms with E-state index in [0.717, 1.165) is 17.3 Å². The molecule has 4 rings (SSSR count). The zero-order valence-electron chi connectivity index (χ0n) is 17.1. The van der Waals surface area contributed by atoms with Gasteiger partial charge < -0.3 is 15.3 Å². The number of rotatable bonds is 2. The zero-order chi connectivity index (χ0) is 20.9. The number of fused-ring (bicyclic) bond motifs is 1. The zero-order valence-corrected chi connectivity index (χ0v) is 17.1. The fourth-order valence-corrected chi connectivity index (χ4v) is 4.01. The second kappa shape index (κ2) is 6.91. The second-order valence-electron chi connectivity index (χ2n) is 8.49. The van der Waals surface area contributed by atoms with Crippen LogP contribution >= 0.6 is 0 Å². The number of amides is 1. The SMILES string of the molecule is CC1=NCc2nc(-c3ccc(O)cc3F)cc(C(=O)N3CC(C)(C)NCC3C)c21. The van der Waals surface area contributed by atoms with E-state index in [0.29, 0.717) is 36.6 Å². The molecule has 1 atom stereocenters. The lowest BCUT2D eigenvalue weighted by Crippen LogP contribution is -2.62. The van der Waals surface area contributed by atoms with E-state index >= 15 is 0 Å². The molecule has 6 nitrogen and oxygen atoms in total. The van der Waals surface area contributed by atoms with E-state index in [9.17, 15) is 14.3 Å². The molecule has 3 heterocycles. The van der Waals surface area contributed by atoms with Crippen molar-refractivity contribution >= 4 is 11.6 Å². The number of halogens is 1. The average Bonchev–Trinajstić information content (AvgIpc) is 3.03. The van der Waals surface area contributed by atoms with Crippen LogP contribution in [0, 0.1) is 5.82 Å². The number of piperazine rings is 1. The molecule has 152 valence electrons. The van der Waals surface area contributed by atoms with Crippen LogP contribution in [0.4, 0.5) is 4.39 Å². The monoisotopic (exact) mass is 396 g/mol. The maximum atomic E-state index is 14.5. The Hall–Kier alpha value is -2.80. The number of pyridine rings is 1. The molecule has 1 saturated heterocycles. The first-order valence-electron chi connectivity index (χ1n) is 9.76. The molecule has 0 radical (unpaired) electrons. The fourth-order valence-electron chi connectivity index (χ4n) is 4.01. The Kier molecular flexibility index (Phi) is 4.65. The average molecular weight is 396 g/mol. The summed E-state index contributed by atoms with van der Waals surface area (Å²) in [5.74, 6) is -0.828. The summed E-state index contributed by atoms with van der Waals surface area (Å²) < 4.78 is 14.5. The Balaban J connectivity index is 1.83. The summed E-state index contributed by atoms with van der Waals surface area (Å²) in [4.78, 5) is 24.5. The maximum Gasteiger partial charge on any atom is 0.255 e. The third-order valence-corrected chi connectivity index (χ3v) is 5.62. The van der Waals surface area contributed by atoms with Crippen LogP contribution in [0.5, 0.6) is 5.75 Å². The predicted molar refractivity (Wildman–Crippen MR) is 110 cm³/mol. The Labute approximate surface area is 169 Å². The van der Waals surface area contributed by atoms with Crippen LogP contribution in [0.25, 0.3) is 11.3 Å². The number of carbonyl (C=O) groups excluding carboxylic acids is 1. The van der Waals surface area contributed by atoms with Gasteiger partial charge in [-0.15, -0.1) is 0 Å². The quantitative estimate of drug-likeness (QED) is 0.818. The number of hydrogen-bond acceptors (Lipinski definition) is 5. The minimum Gasteiger partial charge on any atom is -0.508 e. The van der Waals surface area contributed by atoms with Gasteiger partial charge in [-0.3, -0.25) is 9.79 Å². The first-order valence-corrected chi connectivity index (χ1v) is 9.76. The molecule has 29 heavy (non-hydrogen) atoms. The molecule has 0 spiro atoms. The van der Waals surface area contributed by atoms with Gasteiger partial charge in [0.15, 0.2) is 0 Å². The lowest BCUT2D eigenvalue weighted by atomic mass is 9.95. The summed E-state index contributed by atoms with van der Waals surface area (Å²) in [5, 5.41) is 13.0. The molecule has 0 saturated carbocycles. The highest BCUT2D eigenvalue weighted by atomic mass is 19.1. The second-order valence-corrected chi connectivity index (χ2v) is 8.49. The van der Waals surface area contributed by atoms with Crippen LogP contribution in [-0.2, 0) is 6.54 Å². The third kappa shape index (κ3) is 3.51. The number of phenolic OH excluding ortho intramolecular Hbond substituents is 1. The lowest BCUT2D eigenvalue weighted by Gasteiger charge is -2.43. The van der Waals surface area contributed by atoms with Crippen LogP contribution < -0.4 is 5.32 Å². The van der Waals surface area contributed by atoms with E-state index in [4.69, 9.17) is 0 Å². The molecule has 0 bridgehead atoms. The van der Waals surface area contributed by atoms with Crippen molar-refractivity contribution in [1.29, 1.82) is 0 Å². The van der Waals surface area contributed by atoms with E-state index in [1.165, 1.54) is 12.1 Å². The van der Waals surface area contributed by atoms with Crippen molar-refractivity contribution in [3.05, 3.63) is 46.9 Å². The number of phenols is 1. The Morgan fingerprint density at radius 3 is 2.83 bits per heavy atom. The van der Waals surface area contributed by atoms with Gasteiger partial charge in [0, 0.05) is 47.6 Å². The molecule has 2 aliphatic heterocycles. The van der Waals surface area contributed by atoms with Gasteiger partial charge in [-0.05, 0) is 45.9 Å². The number of nitrogens with zero attached hydrogens (tertiary/aromatic N) is 3. The third-order valence-electron chi connectivity index (χ3n) is 5.62. The van der Waals surface area contributed by atoms with Crippen LogP contribution in [0.15, 0.2) is 29.3 Å². The number of aromatic nitrogens is 1. The normalized spacial score (nSPS) is 20.4. The van der Waals surface area contributed by atoms with Crippen molar-refractivity contribution in [2.45, 2.75) is 45.8 Å². The molecule has 1 amide bonds. The van der Waals surface area contributed by atoms with Crippen LogP contribution in [0.1, 0.15) is 49.3 Å². The first-order chi connectivity index (χ1) is 13.7. The maximum absolute atomic E-state index is 14.5. The van der Waals surface area contributed by atoms with Crippen molar-refractivity contribution in [1.82, 2.24) is 15.2 Å². The molecule has 1 aromatic carbocycles. The van der Waals surface area contributed by atoms with Gasteiger partial charge in [-0.2, -0.15) is 0 Å². The smallest absolute Gasteiger partial charge is 0.255 e. The summed E-state index contributed by atoms with van der Waals surface area (Å²) in [5.41, 5.74) is 3.14. The van der Waals surface area contributed by atoms with Gasteiger partial charge in [-0.1, -0.05) is 0 Å². The van der Waals surface area contributed by atoms with Crippen LogP contribution in [-0.4, -0.2) is 51.3 Å². The van der Waals surface area contributed by atoms with Crippen molar-refractivity contribution in [3.63, 3.8) is 0 Å². The molecule has 7 heteroatoms. The number of aliphatic imine (C=N–C) groups is 1. The molecular formula is C22H25FN4O2. The standard InChI is InChI=1S/C22H25FN4O2/c1-12-9-25-22(3,4)11-27(12)21(29)16-8-18(15-6-5-14(28)7-17(15)23)26-19-10-24-13(2)20(16)19/h5-8,12,25,28H,9-11H2,1-4H3. The van der Waals surface area contributed by atoms with Crippen molar-refractivity contribution < 1.29 is 14.3 Å². The summed E-state index contributed by atoms with van der Waals surface area (Å²) in [6.45, 7) is 9.68. The minimum absolute atomic E-state index is 0.0341. The first kappa shape index (κ1) is 19.5. The largest absolute Gasteiger partial charge is 0.508 e. The van der Waals surface area contributed by atoms with E-state index < -0.39 is 5.82 Å². The highest BCUT2D eigenvalue weighted by Gasteiger charge is 2.35. The van der Waals surface area contributed by atoms with Crippen LogP contribution in [0.2, 0.25) is 0 Å². The van der Waals surface area contributed by atoms with E-state index in [-0.39, 0.29) is 28.8 Å². The molecule has 0 aliphatic carbocycles. The highest BCUT2D eigenvalue weighted by Crippen LogP contribution is 2.31. The number of carbonyl (C=O) groups is 1. The lowest BCUT2D eigenvalue weighted by molar-refractivity contribution is 0.0533. The Morgan fingerprint density at radius 2 is 2.10 bits per heavy atom. The summed E-state index contributed by atoms with van der Waals surface area (Å²) in [6.07, 6.45) is 0. The van der Waals surface area contributed by atoms with Crippen LogP contribution in [0.3, 0.4) is 0 Å². The number of nitrogens with one attached hydrogen (secondary N) is 1. The minimum atomic E-state index is -0.580. The van der Waals surface area contributed by atoms with Gasteiger partial charge in [0.1, 0.15) is 11.6 Å². The predicted octanol–water partition coefficient (Wildman–Crippen LogP) is 3.13. The van der Waals surface area contributed by atoms with Gasteiger partial charge in [-0.25, -0.2) is 9.37 Å². The summed E-state index contributed by atoms with van der Waals surface area (Å²) >= 11 is 0. The fraction of sp³-hybridized carbons (Fsp3) is 0.409. The molecule has 1 aromatic heterocycles. The van der Waals surface area contributed by atoms with E-state index in [1.807, 2.05) is 18.7 Å². The number of aromatic hydroxyl groups is 1. The molecule has 2 N–H and O–H groups in total. The molecule has 1 unspecified atom stereocenters. The Bertz CT molecular complexity index is 1030. The van der Waals surface area contributed by atoms with Gasteiger partial charge in [0.25, 0.3) is 5.91 Å². The van der Waals surface area contributed by atoms with E-state index in [1.54, 1.807) is 6.07 Å². The molecule has 1 fully saturated rings. The summed E-state index contributed by atoms with van der Waals surface area (Å²) in [7, 11) is 0. The van der Waals surface area contributed by atoms with Crippen molar-refractivity contribution in [2.24, 2.45) is 4.99 Å². The summed E-state index contributed by atoms with van der Waals surface area (Å²) in [6, 6.07) is 5.63. The number of hydrogen-bond donors (Lipinski definition) is 2. The van der Waals surface area contributed by atoms with Crippen molar-refractivity contribution in [2.75, 3.05) is 13.1 Å². The molecular weight excluding hydrogens is 371 g/mol. The number of benzene rings is 1. The van der Waals surface area contributed by atoms with E-state index in [2.05, 4.69) is 29.1 Å². The highest BCUT2D eigenvalue weighted by molar-refractivity contribution is 6.11.